The van der Waals surface area contributed by atoms with E-state index in [9.17, 15) is 13.6 Å². The van der Waals surface area contributed by atoms with Crippen LogP contribution in [-0.2, 0) is 6.42 Å². The molecule has 0 aromatic carbocycles. The third-order valence-corrected chi connectivity index (χ3v) is 5.79. The van der Waals surface area contributed by atoms with Crippen LogP contribution in [-0.4, -0.2) is 44.2 Å². The molecule has 1 amide bonds. The van der Waals surface area contributed by atoms with Crippen molar-refractivity contribution in [3.05, 3.63) is 47.2 Å². The van der Waals surface area contributed by atoms with Gasteiger partial charge >= 0.3 is 0 Å². The van der Waals surface area contributed by atoms with Gasteiger partial charge in [-0.2, -0.15) is 0 Å². The minimum absolute atomic E-state index is 0.0765. The van der Waals surface area contributed by atoms with Crippen LogP contribution in [0, 0.1) is 5.82 Å². The number of aromatic nitrogens is 4. The van der Waals surface area contributed by atoms with Gasteiger partial charge in [-0.15, -0.1) is 5.10 Å². The number of nitrogens with zero attached hydrogens (tertiary/aromatic N) is 5. The Morgan fingerprint density at radius 2 is 2.20 bits per heavy atom. The first-order chi connectivity index (χ1) is 14.4. The summed E-state index contributed by atoms with van der Waals surface area (Å²) < 4.78 is 30.1. The molecule has 2 unspecified atom stereocenters. The van der Waals surface area contributed by atoms with Crippen LogP contribution in [0.5, 0.6) is 0 Å². The molecule has 1 fully saturated rings. The molecule has 3 atom stereocenters. The number of fused-ring (bicyclic) bond motifs is 5. The van der Waals surface area contributed by atoms with Crippen molar-refractivity contribution in [2.24, 2.45) is 0 Å². The summed E-state index contributed by atoms with van der Waals surface area (Å²) in [5.41, 5.74) is 7.84. The van der Waals surface area contributed by atoms with E-state index in [1.54, 1.807) is 17.2 Å². The number of halogens is 2. The number of rotatable bonds is 0. The first-order valence-corrected chi connectivity index (χ1v) is 9.91. The summed E-state index contributed by atoms with van der Waals surface area (Å²) in [6, 6.07) is 2.53. The third kappa shape index (κ3) is 3.03. The number of nitrogen functional groups attached to an aromatic ring is 1. The van der Waals surface area contributed by atoms with Gasteiger partial charge in [-0.1, -0.05) is 0 Å². The Kier molecular flexibility index (Phi) is 4.30. The summed E-state index contributed by atoms with van der Waals surface area (Å²) in [7, 11) is 0. The van der Waals surface area contributed by atoms with Crippen molar-refractivity contribution in [2.75, 3.05) is 17.2 Å². The van der Waals surface area contributed by atoms with Crippen LogP contribution in [0.1, 0.15) is 47.4 Å². The summed E-state index contributed by atoms with van der Waals surface area (Å²) in [4.78, 5) is 23.6. The lowest BCUT2D eigenvalue weighted by Gasteiger charge is -2.27. The molecule has 0 radical (unpaired) electrons. The Morgan fingerprint density at radius 1 is 1.37 bits per heavy atom. The highest BCUT2D eigenvalue weighted by Crippen LogP contribution is 2.38. The normalized spacial score (nSPS) is 24.0. The first kappa shape index (κ1) is 18.7. The molecule has 5 heterocycles. The topological polar surface area (TPSA) is 101 Å². The van der Waals surface area contributed by atoms with Crippen LogP contribution in [0.2, 0.25) is 0 Å². The second-order valence-corrected chi connectivity index (χ2v) is 7.92. The molecule has 3 aromatic rings. The van der Waals surface area contributed by atoms with E-state index in [2.05, 4.69) is 20.4 Å². The maximum atomic E-state index is 14.5. The second-order valence-electron chi connectivity index (χ2n) is 7.92. The number of carbonyl (C=O) groups is 1. The van der Waals surface area contributed by atoms with Gasteiger partial charge < -0.3 is 16.0 Å². The highest BCUT2D eigenvalue weighted by Gasteiger charge is 2.36. The second kappa shape index (κ2) is 6.89. The number of anilines is 2. The van der Waals surface area contributed by atoms with Crippen molar-refractivity contribution < 1.29 is 13.6 Å². The van der Waals surface area contributed by atoms with Crippen molar-refractivity contribution >= 4 is 23.2 Å². The first-order valence-electron chi connectivity index (χ1n) is 9.91. The van der Waals surface area contributed by atoms with Gasteiger partial charge in [0.2, 0.25) is 0 Å². The average molecular weight is 413 g/mol. The summed E-state index contributed by atoms with van der Waals surface area (Å²) in [6.07, 6.45) is 3.04. The van der Waals surface area contributed by atoms with E-state index in [4.69, 9.17) is 5.73 Å². The van der Waals surface area contributed by atoms with Crippen LogP contribution in [0.3, 0.4) is 0 Å². The molecule has 10 heteroatoms. The van der Waals surface area contributed by atoms with E-state index in [-0.39, 0.29) is 36.3 Å². The van der Waals surface area contributed by atoms with Crippen LogP contribution in [0.15, 0.2) is 24.5 Å². The van der Waals surface area contributed by atoms with Gasteiger partial charge in [-0.05, 0) is 37.5 Å². The van der Waals surface area contributed by atoms with Crippen molar-refractivity contribution in [3.63, 3.8) is 0 Å². The number of carbonyl (C=O) groups excluding carboxylic acids is 1. The van der Waals surface area contributed by atoms with Crippen molar-refractivity contribution in [2.45, 2.75) is 44.4 Å². The molecule has 1 saturated heterocycles. The summed E-state index contributed by atoms with van der Waals surface area (Å²) in [5.74, 6) is -0.278. The summed E-state index contributed by atoms with van der Waals surface area (Å²) in [5, 5.41) is 7.10. The van der Waals surface area contributed by atoms with Gasteiger partial charge in [0.25, 0.3) is 5.91 Å². The number of hydrogen-bond acceptors (Lipinski definition) is 6. The number of nitrogens with one attached hydrogen (secondary N) is 1. The number of nitrogens with two attached hydrogens (primary N) is 1. The minimum Gasteiger partial charge on any atom is -0.381 e. The molecule has 0 saturated carbocycles. The zero-order valence-electron chi connectivity index (χ0n) is 16.3. The molecule has 30 heavy (non-hydrogen) atoms. The van der Waals surface area contributed by atoms with Gasteiger partial charge in [0.05, 0.1) is 18.8 Å². The Hall–Kier alpha value is -3.30. The summed E-state index contributed by atoms with van der Waals surface area (Å²) in [6.45, 7) is 1.99. The molecular weight excluding hydrogens is 392 g/mol. The number of amides is 1. The molecule has 5 rings (SSSR count). The molecule has 2 aliphatic rings. The lowest BCUT2D eigenvalue weighted by molar-refractivity contribution is 0.0940. The number of alkyl halides is 1. The quantitative estimate of drug-likeness (QED) is 0.586. The fourth-order valence-electron chi connectivity index (χ4n) is 4.35. The molecule has 0 spiro atoms. The van der Waals surface area contributed by atoms with Crippen LogP contribution in [0.25, 0.3) is 5.65 Å². The minimum atomic E-state index is -1.09. The van der Waals surface area contributed by atoms with Crippen molar-refractivity contribution in [1.82, 2.24) is 24.9 Å². The molecule has 2 bridgehead atoms. The van der Waals surface area contributed by atoms with Gasteiger partial charge in [-0.25, -0.2) is 18.3 Å². The molecule has 0 aliphatic carbocycles. The van der Waals surface area contributed by atoms with Crippen LogP contribution in [0.4, 0.5) is 20.4 Å². The molecule has 3 aromatic heterocycles. The fraction of sp³-hybridized carbons (Fsp3) is 0.400. The van der Waals surface area contributed by atoms with Crippen molar-refractivity contribution in [3.8, 4) is 0 Å². The van der Waals surface area contributed by atoms with E-state index in [1.165, 1.54) is 16.8 Å². The van der Waals surface area contributed by atoms with E-state index in [0.717, 1.165) is 0 Å². The standard InChI is InChI=1S/C20H21F2N7O/c1-10-2-3-14-13(6-11(21)8-24-14)15-7-12(22)9-28(15)16-4-5-29-19(26-16)17(18(23)27-29)20(30)25-10/h4-6,8,10,12,15H,2-3,7,9H2,1H3,(H2,23,27)(H,25,30)/t10?,12?,15-/m1/s1. The predicted molar refractivity (Wildman–Crippen MR) is 106 cm³/mol. The Bertz CT molecular complexity index is 1150. The number of hydrogen-bond donors (Lipinski definition) is 2. The van der Waals surface area contributed by atoms with Crippen LogP contribution >= 0.6 is 0 Å². The molecule has 156 valence electrons. The third-order valence-electron chi connectivity index (χ3n) is 5.79. The van der Waals surface area contributed by atoms with E-state index >= 15 is 0 Å². The van der Waals surface area contributed by atoms with Crippen molar-refractivity contribution in [1.29, 1.82) is 0 Å². The van der Waals surface area contributed by atoms with Gasteiger partial charge in [0, 0.05) is 24.4 Å². The lowest BCUT2D eigenvalue weighted by atomic mass is 9.98. The maximum absolute atomic E-state index is 14.5. The monoisotopic (exact) mass is 413 g/mol. The average Bonchev–Trinajstić information content (AvgIpc) is 3.24. The Morgan fingerprint density at radius 3 is 3.03 bits per heavy atom. The van der Waals surface area contributed by atoms with Gasteiger partial charge in [-0.3, -0.25) is 9.78 Å². The zero-order valence-corrected chi connectivity index (χ0v) is 16.3. The highest BCUT2D eigenvalue weighted by atomic mass is 19.1. The fourth-order valence-corrected chi connectivity index (χ4v) is 4.35. The summed E-state index contributed by atoms with van der Waals surface area (Å²) >= 11 is 0. The number of aryl methyl sites for hydroxylation is 1. The smallest absolute Gasteiger partial charge is 0.259 e. The Labute approximate surface area is 171 Å². The van der Waals surface area contributed by atoms with E-state index in [0.29, 0.717) is 35.6 Å². The SMILES string of the molecule is CC1CCc2ncc(F)cc2[C@H]2CC(F)CN2c2ccn3nc(N)c(c3n2)C(=O)N1. The van der Waals surface area contributed by atoms with Crippen LogP contribution < -0.4 is 16.0 Å². The van der Waals surface area contributed by atoms with Gasteiger partial charge in [0.1, 0.15) is 23.4 Å². The largest absolute Gasteiger partial charge is 0.381 e. The molecular formula is C20H21F2N7O. The van der Waals surface area contributed by atoms with Gasteiger partial charge in [0.15, 0.2) is 11.5 Å². The lowest BCUT2D eigenvalue weighted by Crippen LogP contribution is -2.33. The molecule has 3 N–H and O–H groups in total. The van der Waals surface area contributed by atoms with E-state index in [1.807, 2.05) is 6.92 Å². The zero-order chi connectivity index (χ0) is 21.0. The van der Waals surface area contributed by atoms with E-state index < -0.39 is 18.0 Å². The Balaban J connectivity index is 1.72. The molecule has 8 nitrogen and oxygen atoms in total. The number of pyridine rings is 1. The maximum Gasteiger partial charge on any atom is 0.259 e. The molecule has 2 aliphatic heterocycles. The highest BCUT2D eigenvalue weighted by molar-refractivity contribution is 6.04. The predicted octanol–water partition coefficient (Wildman–Crippen LogP) is 2.20.